The number of nitrogens with one attached hydrogen (secondary N) is 1. The van der Waals surface area contributed by atoms with Crippen LogP contribution in [-0.2, 0) is 6.54 Å². The van der Waals surface area contributed by atoms with E-state index in [0.29, 0.717) is 13.1 Å². The summed E-state index contributed by atoms with van der Waals surface area (Å²) < 4.78 is 10.7. The summed E-state index contributed by atoms with van der Waals surface area (Å²) in [7, 11) is 0. The topological polar surface area (TPSA) is 63.6 Å². The number of nitrogens with zero attached hydrogens (tertiary/aromatic N) is 1. The minimum absolute atomic E-state index is 0.286. The number of aromatic nitrogens is 1. The molecule has 1 fully saturated rings. The van der Waals surface area contributed by atoms with Gasteiger partial charge in [-0.25, -0.2) is 4.98 Å². The largest absolute Gasteiger partial charge is 0.454 e. The van der Waals surface area contributed by atoms with Gasteiger partial charge in [-0.2, -0.15) is 0 Å². The Balaban J connectivity index is 1.39. The lowest BCUT2D eigenvalue weighted by atomic mass is 10.0. The fourth-order valence-corrected chi connectivity index (χ4v) is 4.00. The molecule has 0 saturated heterocycles. The minimum Gasteiger partial charge on any atom is -0.454 e. The number of aliphatic hydroxyl groups is 1. The van der Waals surface area contributed by atoms with Crippen LogP contribution >= 0.6 is 11.3 Å². The number of hydrogen-bond acceptors (Lipinski definition) is 6. The molecule has 1 aromatic carbocycles. The maximum Gasteiger partial charge on any atom is 0.231 e. The number of hydrogen-bond donors (Lipinski definition) is 2. The van der Waals surface area contributed by atoms with Crippen LogP contribution < -0.4 is 14.8 Å². The SMILES string of the molecule is OC1(CNCc2csc(-c3ccc4c(c3)OCO4)n2)CCCC1. The summed E-state index contributed by atoms with van der Waals surface area (Å²) in [5.74, 6) is 1.57. The highest BCUT2D eigenvalue weighted by Crippen LogP contribution is 2.36. The summed E-state index contributed by atoms with van der Waals surface area (Å²) >= 11 is 1.62. The van der Waals surface area contributed by atoms with Crippen molar-refractivity contribution in [1.82, 2.24) is 10.3 Å². The van der Waals surface area contributed by atoms with Gasteiger partial charge in [0.2, 0.25) is 6.79 Å². The average molecular weight is 332 g/mol. The molecule has 1 aliphatic heterocycles. The fourth-order valence-electron chi connectivity index (χ4n) is 3.18. The van der Waals surface area contributed by atoms with Gasteiger partial charge in [0, 0.05) is 24.0 Å². The Bertz CT molecular complexity index is 695. The van der Waals surface area contributed by atoms with Gasteiger partial charge in [-0.15, -0.1) is 11.3 Å². The molecule has 0 amide bonds. The first kappa shape index (κ1) is 14.9. The minimum atomic E-state index is -0.518. The molecule has 1 saturated carbocycles. The number of rotatable bonds is 5. The third kappa shape index (κ3) is 3.20. The van der Waals surface area contributed by atoms with Crippen LogP contribution in [0.15, 0.2) is 23.6 Å². The molecule has 4 rings (SSSR count). The molecule has 0 bridgehead atoms. The van der Waals surface area contributed by atoms with E-state index in [-0.39, 0.29) is 6.79 Å². The van der Waals surface area contributed by atoms with Gasteiger partial charge >= 0.3 is 0 Å². The van der Waals surface area contributed by atoms with Crippen LogP contribution in [0.3, 0.4) is 0 Å². The van der Waals surface area contributed by atoms with E-state index in [2.05, 4.69) is 15.7 Å². The first-order valence-electron chi connectivity index (χ1n) is 7.99. The van der Waals surface area contributed by atoms with Crippen molar-refractivity contribution in [2.45, 2.75) is 37.8 Å². The normalized spacial score (nSPS) is 18.5. The highest BCUT2D eigenvalue weighted by Gasteiger charge is 2.30. The lowest BCUT2D eigenvalue weighted by Crippen LogP contribution is -2.37. The van der Waals surface area contributed by atoms with Crippen LogP contribution in [-0.4, -0.2) is 29.0 Å². The second-order valence-electron chi connectivity index (χ2n) is 6.25. The Kier molecular flexibility index (Phi) is 3.97. The Labute approximate surface area is 139 Å². The molecule has 0 spiro atoms. The molecule has 2 aliphatic rings. The van der Waals surface area contributed by atoms with E-state index in [4.69, 9.17) is 9.47 Å². The molecular weight excluding hydrogens is 312 g/mol. The zero-order chi connectivity index (χ0) is 15.7. The van der Waals surface area contributed by atoms with E-state index in [1.807, 2.05) is 18.2 Å². The molecule has 2 aromatic rings. The Morgan fingerprint density at radius 3 is 2.91 bits per heavy atom. The molecule has 1 aromatic heterocycles. The van der Waals surface area contributed by atoms with Crippen molar-refractivity contribution in [1.29, 1.82) is 0 Å². The lowest BCUT2D eigenvalue weighted by Gasteiger charge is -2.22. The summed E-state index contributed by atoms with van der Waals surface area (Å²) in [6, 6.07) is 5.90. The van der Waals surface area contributed by atoms with Gasteiger partial charge in [0.05, 0.1) is 11.3 Å². The van der Waals surface area contributed by atoms with Crippen molar-refractivity contribution < 1.29 is 14.6 Å². The maximum atomic E-state index is 10.3. The Hall–Kier alpha value is -1.63. The molecule has 0 radical (unpaired) electrons. The average Bonchev–Trinajstić information content (AvgIpc) is 3.27. The summed E-state index contributed by atoms with van der Waals surface area (Å²) in [6.45, 7) is 1.61. The van der Waals surface area contributed by atoms with E-state index in [0.717, 1.165) is 53.4 Å². The summed E-state index contributed by atoms with van der Waals surface area (Å²) in [5.41, 5.74) is 1.53. The predicted octanol–water partition coefficient (Wildman–Crippen LogP) is 2.93. The van der Waals surface area contributed by atoms with E-state index >= 15 is 0 Å². The van der Waals surface area contributed by atoms with Crippen molar-refractivity contribution in [2.75, 3.05) is 13.3 Å². The molecule has 2 heterocycles. The standard InChI is InChI=1S/C17H20N2O3S/c20-17(5-1-2-6-17)10-18-8-13-9-23-16(19-13)12-3-4-14-15(7-12)22-11-21-14/h3-4,7,9,18,20H,1-2,5-6,8,10-11H2. The number of fused-ring (bicyclic) bond motifs is 1. The molecule has 2 N–H and O–H groups in total. The van der Waals surface area contributed by atoms with Crippen LogP contribution in [0.1, 0.15) is 31.4 Å². The summed E-state index contributed by atoms with van der Waals surface area (Å²) in [6.07, 6.45) is 4.06. The van der Waals surface area contributed by atoms with E-state index in [9.17, 15) is 5.11 Å². The van der Waals surface area contributed by atoms with Crippen molar-refractivity contribution in [2.24, 2.45) is 0 Å². The molecular formula is C17H20N2O3S. The Morgan fingerprint density at radius 2 is 2.04 bits per heavy atom. The zero-order valence-corrected chi connectivity index (χ0v) is 13.7. The smallest absolute Gasteiger partial charge is 0.231 e. The number of benzene rings is 1. The summed E-state index contributed by atoms with van der Waals surface area (Å²) in [4.78, 5) is 4.67. The number of ether oxygens (including phenoxy) is 2. The van der Waals surface area contributed by atoms with Crippen LogP contribution in [0, 0.1) is 0 Å². The van der Waals surface area contributed by atoms with Gasteiger partial charge in [-0.3, -0.25) is 0 Å². The van der Waals surface area contributed by atoms with Gasteiger partial charge in [-0.1, -0.05) is 12.8 Å². The highest BCUT2D eigenvalue weighted by atomic mass is 32.1. The van der Waals surface area contributed by atoms with Gasteiger partial charge in [0.15, 0.2) is 11.5 Å². The van der Waals surface area contributed by atoms with Crippen molar-refractivity contribution in [3.05, 3.63) is 29.3 Å². The van der Waals surface area contributed by atoms with Crippen molar-refractivity contribution >= 4 is 11.3 Å². The second kappa shape index (κ2) is 6.11. The molecule has 6 heteroatoms. The van der Waals surface area contributed by atoms with Gasteiger partial charge < -0.3 is 19.9 Å². The first-order chi connectivity index (χ1) is 11.2. The molecule has 122 valence electrons. The third-order valence-electron chi connectivity index (χ3n) is 4.47. The molecule has 5 nitrogen and oxygen atoms in total. The van der Waals surface area contributed by atoms with Crippen molar-refractivity contribution in [3.63, 3.8) is 0 Å². The molecule has 1 aliphatic carbocycles. The fraction of sp³-hybridized carbons (Fsp3) is 0.471. The van der Waals surface area contributed by atoms with Crippen LogP contribution in [0.2, 0.25) is 0 Å². The monoisotopic (exact) mass is 332 g/mol. The second-order valence-corrected chi connectivity index (χ2v) is 7.11. The predicted molar refractivity (Wildman–Crippen MR) is 88.8 cm³/mol. The van der Waals surface area contributed by atoms with Crippen LogP contribution in [0.5, 0.6) is 11.5 Å². The van der Waals surface area contributed by atoms with Gasteiger partial charge in [0.25, 0.3) is 0 Å². The van der Waals surface area contributed by atoms with E-state index < -0.39 is 5.60 Å². The lowest BCUT2D eigenvalue weighted by molar-refractivity contribution is 0.0474. The third-order valence-corrected chi connectivity index (χ3v) is 5.41. The van der Waals surface area contributed by atoms with Gasteiger partial charge in [-0.05, 0) is 31.0 Å². The highest BCUT2D eigenvalue weighted by molar-refractivity contribution is 7.13. The summed E-state index contributed by atoms with van der Waals surface area (Å²) in [5, 5.41) is 16.7. The van der Waals surface area contributed by atoms with Crippen LogP contribution in [0.25, 0.3) is 10.6 Å². The number of thiazole rings is 1. The van der Waals surface area contributed by atoms with Crippen molar-refractivity contribution in [3.8, 4) is 22.1 Å². The molecule has 23 heavy (non-hydrogen) atoms. The maximum absolute atomic E-state index is 10.3. The Morgan fingerprint density at radius 1 is 1.22 bits per heavy atom. The molecule has 0 atom stereocenters. The molecule has 0 unspecified atom stereocenters. The van der Waals surface area contributed by atoms with E-state index in [1.54, 1.807) is 11.3 Å². The zero-order valence-electron chi connectivity index (χ0n) is 12.9. The van der Waals surface area contributed by atoms with Gasteiger partial charge in [0.1, 0.15) is 5.01 Å². The van der Waals surface area contributed by atoms with Crippen LogP contribution in [0.4, 0.5) is 0 Å². The van der Waals surface area contributed by atoms with E-state index in [1.165, 1.54) is 0 Å². The quantitative estimate of drug-likeness (QED) is 0.881. The first-order valence-corrected chi connectivity index (χ1v) is 8.87.